The molecule has 0 saturated carbocycles. The Morgan fingerprint density at radius 2 is 1.59 bits per heavy atom. The number of benzene rings is 2. The third kappa shape index (κ3) is 5.79. The van der Waals surface area contributed by atoms with Gasteiger partial charge in [0, 0.05) is 24.0 Å². The van der Waals surface area contributed by atoms with Gasteiger partial charge in [-0.05, 0) is 30.3 Å². The van der Waals surface area contributed by atoms with Gasteiger partial charge in [0.15, 0.2) is 11.4 Å². The summed E-state index contributed by atoms with van der Waals surface area (Å²) in [6.07, 6.45) is 0. The van der Waals surface area contributed by atoms with Crippen molar-refractivity contribution in [3.63, 3.8) is 0 Å². The normalized spacial score (nSPS) is 14.1. The van der Waals surface area contributed by atoms with Gasteiger partial charge in [0.1, 0.15) is 7.11 Å². The summed E-state index contributed by atoms with van der Waals surface area (Å²) in [6.45, 7) is 4.95. The van der Waals surface area contributed by atoms with Gasteiger partial charge in [-0.3, -0.25) is 4.79 Å². The zero-order valence-corrected chi connectivity index (χ0v) is 20.9. The molecular formula is C26H30N4O7. The van der Waals surface area contributed by atoms with Crippen molar-refractivity contribution in [3.05, 3.63) is 58.5 Å². The number of nitrogens with zero attached hydrogens (tertiary/aromatic N) is 4. The van der Waals surface area contributed by atoms with Gasteiger partial charge in [-0.2, -0.15) is 0 Å². The maximum absolute atomic E-state index is 12.7. The number of amides is 1. The van der Waals surface area contributed by atoms with E-state index in [-0.39, 0.29) is 17.5 Å². The lowest BCUT2D eigenvalue weighted by atomic mass is 10.1. The van der Waals surface area contributed by atoms with E-state index in [0.717, 1.165) is 22.3 Å². The van der Waals surface area contributed by atoms with E-state index < -0.39 is 0 Å². The van der Waals surface area contributed by atoms with Gasteiger partial charge >= 0.3 is 0 Å². The number of hydrogen-bond donors (Lipinski definition) is 1. The average Bonchev–Trinajstić information content (AvgIpc) is 3.32. The van der Waals surface area contributed by atoms with E-state index in [1.54, 1.807) is 21.6 Å². The Balaban J connectivity index is 1.11. The Morgan fingerprint density at radius 3 is 2.30 bits per heavy atom. The van der Waals surface area contributed by atoms with Crippen molar-refractivity contribution in [1.29, 1.82) is 0 Å². The fourth-order valence-electron chi connectivity index (χ4n) is 4.27. The molecule has 0 saturated heterocycles. The van der Waals surface area contributed by atoms with Gasteiger partial charge in [0.05, 0.1) is 50.8 Å². The molecule has 11 nitrogen and oxygen atoms in total. The van der Waals surface area contributed by atoms with Crippen LogP contribution in [-0.2, 0) is 30.4 Å². The molecule has 2 heterocycles. The van der Waals surface area contributed by atoms with E-state index in [0.29, 0.717) is 63.8 Å². The van der Waals surface area contributed by atoms with Gasteiger partial charge in [0.25, 0.3) is 5.91 Å². The molecule has 1 aromatic heterocycles. The largest absolute Gasteiger partial charge is 0.493 e. The van der Waals surface area contributed by atoms with Crippen LogP contribution < -0.4 is 4.90 Å². The summed E-state index contributed by atoms with van der Waals surface area (Å²) >= 11 is 0. The summed E-state index contributed by atoms with van der Waals surface area (Å²) in [4.78, 5) is 30.3. The van der Waals surface area contributed by atoms with Crippen molar-refractivity contribution in [2.24, 2.45) is 10.3 Å². The minimum Gasteiger partial charge on any atom is -0.493 e. The van der Waals surface area contributed by atoms with Crippen molar-refractivity contribution in [1.82, 2.24) is 4.57 Å². The average molecular weight is 511 g/mol. The molecule has 1 aliphatic rings. The van der Waals surface area contributed by atoms with E-state index in [9.17, 15) is 14.8 Å². The predicted molar refractivity (Wildman–Crippen MR) is 139 cm³/mol. The molecule has 1 aliphatic heterocycles. The highest BCUT2D eigenvalue weighted by atomic mass is 16.6. The molecule has 0 aliphatic carbocycles. The summed E-state index contributed by atoms with van der Waals surface area (Å²) in [5.41, 5.74) is 3.65. The SMILES string of the molecule is CO/N=C1/C(=O)N(CCOCCOCCOCCn2c(O)c(N=O)c3ccccc32)c2ccc(C)cc21. The van der Waals surface area contributed by atoms with Crippen molar-refractivity contribution >= 4 is 33.9 Å². The molecule has 0 spiro atoms. The smallest absolute Gasteiger partial charge is 0.281 e. The van der Waals surface area contributed by atoms with E-state index in [4.69, 9.17) is 19.0 Å². The molecule has 37 heavy (non-hydrogen) atoms. The van der Waals surface area contributed by atoms with Crippen LogP contribution in [-0.4, -0.2) is 74.6 Å². The molecule has 0 unspecified atom stereocenters. The maximum atomic E-state index is 12.7. The van der Waals surface area contributed by atoms with E-state index in [1.807, 2.05) is 37.3 Å². The van der Waals surface area contributed by atoms with Crippen LogP contribution in [0.2, 0.25) is 0 Å². The molecule has 196 valence electrons. The van der Waals surface area contributed by atoms with Crippen molar-refractivity contribution < 1.29 is 28.9 Å². The molecule has 0 fully saturated rings. The number of para-hydroxylation sites is 1. The predicted octanol–water partition coefficient (Wildman–Crippen LogP) is 3.50. The number of aromatic nitrogens is 1. The number of rotatable bonds is 14. The van der Waals surface area contributed by atoms with Crippen LogP contribution in [0.3, 0.4) is 0 Å². The first-order chi connectivity index (χ1) is 18.1. The lowest BCUT2D eigenvalue weighted by Gasteiger charge is -2.17. The summed E-state index contributed by atoms with van der Waals surface area (Å²) in [6, 6.07) is 13.0. The quantitative estimate of drug-likeness (QED) is 0.200. The highest BCUT2D eigenvalue weighted by molar-refractivity contribution is 6.54. The molecule has 11 heteroatoms. The second kappa shape index (κ2) is 12.4. The number of hydrogen-bond acceptors (Lipinski definition) is 9. The number of fused-ring (bicyclic) bond motifs is 2. The van der Waals surface area contributed by atoms with Crippen LogP contribution in [0.25, 0.3) is 10.9 Å². The molecule has 2 aromatic carbocycles. The second-order valence-corrected chi connectivity index (χ2v) is 8.37. The van der Waals surface area contributed by atoms with Crippen LogP contribution in [0.5, 0.6) is 5.88 Å². The van der Waals surface area contributed by atoms with Crippen LogP contribution >= 0.6 is 0 Å². The number of carbonyl (C=O) groups is 1. The summed E-state index contributed by atoms with van der Waals surface area (Å²) in [7, 11) is 1.42. The van der Waals surface area contributed by atoms with Crippen molar-refractivity contribution in [2.75, 3.05) is 58.2 Å². The van der Waals surface area contributed by atoms with E-state index >= 15 is 0 Å². The maximum Gasteiger partial charge on any atom is 0.281 e. The molecule has 1 N–H and O–H groups in total. The Morgan fingerprint density at radius 1 is 0.919 bits per heavy atom. The fraction of sp³-hybridized carbons (Fsp3) is 0.385. The van der Waals surface area contributed by atoms with Crippen LogP contribution in [0.15, 0.2) is 52.8 Å². The number of carbonyl (C=O) groups excluding carboxylic acids is 1. The van der Waals surface area contributed by atoms with Crippen LogP contribution in [0, 0.1) is 11.8 Å². The zero-order chi connectivity index (χ0) is 26.2. The topological polar surface area (TPSA) is 124 Å². The number of oxime groups is 1. The van der Waals surface area contributed by atoms with Gasteiger partial charge in [-0.25, -0.2) is 0 Å². The highest BCUT2D eigenvalue weighted by Gasteiger charge is 2.34. The third-order valence-electron chi connectivity index (χ3n) is 6.00. The Labute approximate surface area is 214 Å². The Kier molecular flexibility index (Phi) is 8.83. The first-order valence-electron chi connectivity index (χ1n) is 12.0. The number of aromatic hydroxyl groups is 1. The zero-order valence-electron chi connectivity index (χ0n) is 20.9. The van der Waals surface area contributed by atoms with Gasteiger partial charge in [-0.1, -0.05) is 35.0 Å². The Hall–Kier alpha value is -3.80. The summed E-state index contributed by atoms with van der Waals surface area (Å²) in [5, 5.41) is 17.7. The van der Waals surface area contributed by atoms with Crippen LogP contribution in [0.4, 0.5) is 11.4 Å². The molecule has 0 bridgehead atoms. The Bertz CT molecular complexity index is 1290. The fourth-order valence-corrected chi connectivity index (χ4v) is 4.27. The summed E-state index contributed by atoms with van der Waals surface area (Å²) < 4.78 is 18.4. The number of aryl methyl sites for hydroxylation is 1. The molecule has 3 aromatic rings. The number of anilines is 1. The van der Waals surface area contributed by atoms with E-state index in [2.05, 4.69) is 10.3 Å². The first kappa shape index (κ1) is 26.3. The summed E-state index contributed by atoms with van der Waals surface area (Å²) in [5.74, 6) is -0.371. The number of ether oxygens (including phenoxy) is 3. The van der Waals surface area contributed by atoms with Crippen molar-refractivity contribution in [3.8, 4) is 5.88 Å². The minimum absolute atomic E-state index is 0.0379. The minimum atomic E-state index is -0.209. The van der Waals surface area contributed by atoms with E-state index in [1.165, 1.54) is 7.11 Å². The molecular weight excluding hydrogens is 480 g/mol. The first-order valence-corrected chi connectivity index (χ1v) is 12.0. The molecule has 0 atom stereocenters. The van der Waals surface area contributed by atoms with Crippen molar-refractivity contribution in [2.45, 2.75) is 13.5 Å². The monoisotopic (exact) mass is 510 g/mol. The molecule has 0 radical (unpaired) electrons. The second-order valence-electron chi connectivity index (χ2n) is 8.37. The molecule has 1 amide bonds. The van der Waals surface area contributed by atoms with Crippen LogP contribution in [0.1, 0.15) is 11.1 Å². The third-order valence-corrected chi connectivity index (χ3v) is 6.00. The number of nitroso groups, excluding NO2 is 1. The standard InChI is InChI=1S/C26H30N4O7/c1-18-7-8-22-20(17-18)24(28-34-2)26(32)30(22)10-12-36-14-16-37-15-13-35-11-9-29-21-6-4-3-5-19(21)23(27-33)25(29)31/h3-8,17,31H,9-16H2,1-2H3/b28-24+. The molecule has 4 rings (SSSR count). The lowest BCUT2D eigenvalue weighted by Crippen LogP contribution is -2.33. The van der Waals surface area contributed by atoms with Gasteiger partial charge in [-0.15, -0.1) is 4.91 Å². The lowest BCUT2D eigenvalue weighted by molar-refractivity contribution is -0.112. The van der Waals surface area contributed by atoms with Gasteiger partial charge < -0.3 is 33.6 Å². The highest BCUT2D eigenvalue weighted by Crippen LogP contribution is 2.38. The van der Waals surface area contributed by atoms with Gasteiger partial charge in [0.2, 0.25) is 5.88 Å².